The van der Waals surface area contributed by atoms with Gasteiger partial charge in [-0.15, -0.1) is 0 Å². The van der Waals surface area contributed by atoms with Crippen molar-refractivity contribution in [3.05, 3.63) is 89.6 Å². The Balaban J connectivity index is 1.44. The van der Waals surface area contributed by atoms with Crippen LogP contribution in [-0.2, 0) is 6.42 Å². The summed E-state index contributed by atoms with van der Waals surface area (Å²) in [7, 11) is 0. The van der Waals surface area contributed by atoms with E-state index in [0.29, 0.717) is 30.5 Å². The van der Waals surface area contributed by atoms with E-state index in [1.807, 2.05) is 53.4 Å². The summed E-state index contributed by atoms with van der Waals surface area (Å²) < 4.78 is 7.45. The van der Waals surface area contributed by atoms with Crippen molar-refractivity contribution >= 4 is 11.8 Å². The Morgan fingerprint density at radius 2 is 1.82 bits per heavy atom. The first-order valence-electron chi connectivity index (χ1n) is 9.49. The number of likely N-dealkylation sites (tertiary alicyclic amines) is 1. The molecule has 1 saturated heterocycles. The van der Waals surface area contributed by atoms with Crippen LogP contribution in [0, 0.1) is 0 Å². The third-order valence-electron chi connectivity index (χ3n) is 5.38. The molecule has 1 unspecified atom stereocenters. The third kappa shape index (κ3) is 2.97. The van der Waals surface area contributed by atoms with Crippen LogP contribution < -0.4 is 0 Å². The summed E-state index contributed by atoms with van der Waals surface area (Å²) in [6, 6.07) is 20.4. The van der Waals surface area contributed by atoms with Crippen molar-refractivity contribution in [3.8, 4) is 0 Å². The lowest BCUT2D eigenvalue weighted by Crippen LogP contribution is -2.29. The molecule has 1 aliphatic heterocycles. The van der Waals surface area contributed by atoms with Crippen molar-refractivity contribution in [1.29, 1.82) is 0 Å². The van der Waals surface area contributed by atoms with E-state index in [0.717, 1.165) is 24.2 Å². The van der Waals surface area contributed by atoms with Crippen molar-refractivity contribution in [1.82, 2.24) is 19.5 Å². The minimum absolute atomic E-state index is 0.0864. The van der Waals surface area contributed by atoms with Gasteiger partial charge in [-0.3, -0.25) is 4.79 Å². The minimum Gasteiger partial charge on any atom is -0.416 e. The van der Waals surface area contributed by atoms with E-state index in [1.165, 1.54) is 11.9 Å². The van der Waals surface area contributed by atoms with E-state index in [2.05, 4.69) is 22.2 Å². The summed E-state index contributed by atoms with van der Waals surface area (Å²) in [6.07, 6.45) is 2.97. The van der Waals surface area contributed by atoms with Gasteiger partial charge in [-0.05, 0) is 17.5 Å². The van der Waals surface area contributed by atoms with Gasteiger partial charge in [-0.1, -0.05) is 60.7 Å². The van der Waals surface area contributed by atoms with Gasteiger partial charge in [0.15, 0.2) is 0 Å². The lowest BCUT2D eigenvalue weighted by Gasteiger charge is -2.16. The molecule has 4 aromatic rings. The van der Waals surface area contributed by atoms with Crippen LogP contribution in [0.3, 0.4) is 0 Å². The Kier molecular flexibility index (Phi) is 4.16. The normalized spacial score (nSPS) is 16.7. The minimum atomic E-state index is -0.0864. The molecule has 0 saturated carbocycles. The van der Waals surface area contributed by atoms with E-state index in [9.17, 15) is 4.79 Å². The first kappa shape index (κ1) is 16.7. The SMILES string of the molecule is O=C(c1oc2ncnn2c1Cc1ccccc1)N1CCC(c2ccccc2)C1. The molecule has 0 aliphatic carbocycles. The summed E-state index contributed by atoms with van der Waals surface area (Å²) >= 11 is 0. The number of hydrogen-bond acceptors (Lipinski definition) is 4. The van der Waals surface area contributed by atoms with Gasteiger partial charge in [-0.2, -0.15) is 14.6 Å². The highest BCUT2D eigenvalue weighted by Gasteiger charge is 2.32. The second kappa shape index (κ2) is 6.96. The van der Waals surface area contributed by atoms with E-state index in [4.69, 9.17) is 4.42 Å². The molecule has 1 atom stereocenters. The van der Waals surface area contributed by atoms with Crippen molar-refractivity contribution in [3.63, 3.8) is 0 Å². The second-order valence-electron chi connectivity index (χ2n) is 7.14. The molecule has 5 rings (SSSR count). The summed E-state index contributed by atoms with van der Waals surface area (Å²) in [4.78, 5) is 19.3. The fourth-order valence-electron chi connectivity index (χ4n) is 3.93. The number of oxazole rings is 1. The van der Waals surface area contributed by atoms with Gasteiger partial charge in [0.2, 0.25) is 5.76 Å². The standard InChI is InChI=1S/C22H20N4O2/c27-21(25-12-11-18(14-25)17-9-5-2-6-10-17)20-19(13-16-7-3-1-4-8-16)26-22(28-20)23-15-24-26/h1-10,15,18H,11-14H2. The van der Waals surface area contributed by atoms with Crippen LogP contribution in [0.2, 0.25) is 0 Å². The Morgan fingerprint density at radius 3 is 2.61 bits per heavy atom. The number of hydrogen-bond donors (Lipinski definition) is 0. The van der Waals surface area contributed by atoms with Crippen molar-refractivity contribution < 1.29 is 9.21 Å². The molecule has 2 aromatic carbocycles. The first-order valence-corrected chi connectivity index (χ1v) is 9.49. The second-order valence-corrected chi connectivity index (χ2v) is 7.14. The van der Waals surface area contributed by atoms with Gasteiger partial charge < -0.3 is 9.32 Å². The highest BCUT2D eigenvalue weighted by molar-refractivity contribution is 5.93. The smallest absolute Gasteiger partial charge is 0.325 e. The summed E-state index contributed by atoms with van der Waals surface area (Å²) in [5.41, 5.74) is 3.11. The van der Waals surface area contributed by atoms with Crippen LogP contribution in [0.15, 0.2) is 71.4 Å². The molecular formula is C22H20N4O2. The highest BCUT2D eigenvalue weighted by Crippen LogP contribution is 2.29. The molecule has 0 spiro atoms. The molecule has 6 heteroatoms. The van der Waals surface area contributed by atoms with Crippen LogP contribution in [0.1, 0.15) is 39.7 Å². The lowest BCUT2D eigenvalue weighted by molar-refractivity contribution is 0.0760. The average Bonchev–Trinajstić information content (AvgIpc) is 3.47. The van der Waals surface area contributed by atoms with Gasteiger partial charge in [0.05, 0.1) is 0 Å². The fourth-order valence-corrected chi connectivity index (χ4v) is 3.93. The third-order valence-corrected chi connectivity index (χ3v) is 5.38. The predicted molar refractivity (Wildman–Crippen MR) is 104 cm³/mol. The molecule has 1 fully saturated rings. The summed E-state index contributed by atoms with van der Waals surface area (Å²) in [5.74, 6) is 0.970. The highest BCUT2D eigenvalue weighted by atomic mass is 16.4. The van der Waals surface area contributed by atoms with Gasteiger partial charge in [0.1, 0.15) is 12.0 Å². The number of fused-ring (bicyclic) bond motifs is 1. The number of aromatic nitrogens is 3. The van der Waals surface area contributed by atoms with Crippen molar-refractivity contribution in [2.75, 3.05) is 13.1 Å². The molecule has 3 heterocycles. The first-order chi connectivity index (χ1) is 13.8. The Labute approximate surface area is 162 Å². The van der Waals surface area contributed by atoms with E-state index in [1.54, 1.807) is 4.52 Å². The summed E-state index contributed by atoms with van der Waals surface area (Å²) in [6.45, 7) is 1.42. The van der Waals surface area contributed by atoms with E-state index in [-0.39, 0.29) is 5.91 Å². The topological polar surface area (TPSA) is 63.6 Å². The average molecular weight is 372 g/mol. The zero-order valence-electron chi connectivity index (χ0n) is 15.4. The van der Waals surface area contributed by atoms with Crippen LogP contribution in [-0.4, -0.2) is 38.5 Å². The Morgan fingerprint density at radius 1 is 1.07 bits per heavy atom. The maximum Gasteiger partial charge on any atom is 0.325 e. The van der Waals surface area contributed by atoms with Gasteiger partial charge in [0.25, 0.3) is 5.91 Å². The van der Waals surface area contributed by atoms with E-state index < -0.39 is 0 Å². The van der Waals surface area contributed by atoms with Gasteiger partial charge in [-0.25, -0.2) is 0 Å². The monoisotopic (exact) mass is 372 g/mol. The Bertz CT molecular complexity index is 1100. The molecule has 140 valence electrons. The fraction of sp³-hybridized carbons (Fsp3) is 0.227. The summed E-state index contributed by atoms with van der Waals surface area (Å²) in [5, 5.41) is 4.25. The molecule has 0 N–H and O–H groups in total. The molecule has 1 amide bonds. The molecular weight excluding hydrogens is 352 g/mol. The van der Waals surface area contributed by atoms with Gasteiger partial charge >= 0.3 is 5.84 Å². The zero-order valence-corrected chi connectivity index (χ0v) is 15.4. The van der Waals surface area contributed by atoms with Crippen LogP contribution >= 0.6 is 0 Å². The Hall–Kier alpha value is -3.41. The molecule has 6 nitrogen and oxygen atoms in total. The number of amides is 1. The molecule has 2 aromatic heterocycles. The van der Waals surface area contributed by atoms with E-state index >= 15 is 0 Å². The molecule has 0 bridgehead atoms. The number of nitrogens with zero attached hydrogens (tertiary/aromatic N) is 4. The zero-order chi connectivity index (χ0) is 18.9. The van der Waals surface area contributed by atoms with Crippen molar-refractivity contribution in [2.24, 2.45) is 0 Å². The number of carbonyl (C=O) groups is 1. The molecule has 1 aliphatic rings. The largest absolute Gasteiger partial charge is 0.416 e. The molecule has 28 heavy (non-hydrogen) atoms. The van der Waals surface area contributed by atoms with Crippen LogP contribution in [0.25, 0.3) is 5.84 Å². The number of benzene rings is 2. The predicted octanol–water partition coefficient (Wildman–Crippen LogP) is 3.54. The van der Waals surface area contributed by atoms with Crippen molar-refractivity contribution in [2.45, 2.75) is 18.8 Å². The number of rotatable bonds is 4. The molecule has 0 radical (unpaired) electrons. The number of carbonyl (C=O) groups excluding carboxylic acids is 1. The van der Waals surface area contributed by atoms with Crippen LogP contribution in [0.4, 0.5) is 0 Å². The van der Waals surface area contributed by atoms with Crippen LogP contribution in [0.5, 0.6) is 0 Å². The van der Waals surface area contributed by atoms with Gasteiger partial charge in [0, 0.05) is 25.4 Å². The quantitative estimate of drug-likeness (QED) is 0.550. The maximum absolute atomic E-state index is 13.3. The maximum atomic E-state index is 13.3. The lowest BCUT2D eigenvalue weighted by atomic mass is 9.99.